The van der Waals surface area contributed by atoms with Crippen molar-refractivity contribution < 1.29 is 5.11 Å². The highest BCUT2D eigenvalue weighted by Gasteiger charge is 2.23. The SMILES string of the molecule is CCC1CCC(Nc2ncc(C#N)c(C[C@@H]3CCC[C@H](O)C3)n2)CC1. The molecule has 1 aromatic heterocycles. The number of aromatic nitrogens is 2. The third kappa shape index (κ3) is 4.92. The summed E-state index contributed by atoms with van der Waals surface area (Å²) in [6.07, 6.45) is 12.3. The molecule has 2 N–H and O–H groups in total. The van der Waals surface area contributed by atoms with E-state index in [0.29, 0.717) is 23.5 Å². The van der Waals surface area contributed by atoms with Crippen LogP contribution < -0.4 is 5.32 Å². The molecule has 0 saturated heterocycles. The van der Waals surface area contributed by atoms with Crippen molar-refractivity contribution in [3.63, 3.8) is 0 Å². The van der Waals surface area contributed by atoms with E-state index in [0.717, 1.165) is 43.7 Å². The number of hydrogen-bond acceptors (Lipinski definition) is 5. The third-order valence-corrected chi connectivity index (χ3v) is 5.98. The predicted octanol–water partition coefficient (Wildman–Crippen LogP) is 3.82. The Morgan fingerprint density at radius 3 is 2.68 bits per heavy atom. The lowest BCUT2D eigenvalue weighted by atomic mass is 9.84. The highest BCUT2D eigenvalue weighted by atomic mass is 16.3. The minimum atomic E-state index is -0.197. The fourth-order valence-corrected chi connectivity index (χ4v) is 4.35. The molecular formula is C20H30N4O. The summed E-state index contributed by atoms with van der Waals surface area (Å²) in [5.74, 6) is 1.94. The van der Waals surface area contributed by atoms with Gasteiger partial charge >= 0.3 is 0 Å². The molecule has 5 heteroatoms. The normalized spacial score (nSPS) is 29.8. The molecule has 2 atom stereocenters. The van der Waals surface area contributed by atoms with Crippen molar-refractivity contribution in [2.45, 2.75) is 83.3 Å². The zero-order chi connectivity index (χ0) is 17.6. The van der Waals surface area contributed by atoms with Crippen LogP contribution in [0.15, 0.2) is 6.20 Å². The maximum absolute atomic E-state index is 9.89. The van der Waals surface area contributed by atoms with E-state index in [9.17, 15) is 10.4 Å². The van der Waals surface area contributed by atoms with Crippen molar-refractivity contribution in [1.82, 2.24) is 9.97 Å². The molecule has 0 spiro atoms. The molecule has 5 nitrogen and oxygen atoms in total. The lowest BCUT2D eigenvalue weighted by molar-refractivity contribution is 0.101. The first-order valence-electron chi connectivity index (χ1n) is 9.88. The van der Waals surface area contributed by atoms with Gasteiger partial charge in [-0.05, 0) is 63.2 Å². The second-order valence-corrected chi connectivity index (χ2v) is 7.83. The van der Waals surface area contributed by atoms with Crippen molar-refractivity contribution in [2.75, 3.05) is 5.32 Å². The van der Waals surface area contributed by atoms with Gasteiger partial charge in [-0.3, -0.25) is 0 Å². The van der Waals surface area contributed by atoms with Gasteiger partial charge in [0, 0.05) is 6.04 Å². The summed E-state index contributed by atoms with van der Waals surface area (Å²) in [5.41, 5.74) is 1.40. The first-order chi connectivity index (χ1) is 12.2. The summed E-state index contributed by atoms with van der Waals surface area (Å²) in [6, 6.07) is 2.67. The Labute approximate surface area is 150 Å². The standard InChI is InChI=1S/C20H30N4O/c1-2-14-6-8-17(9-7-14)23-20-22-13-16(12-21)19(24-20)11-15-4-3-5-18(25)10-15/h13-15,17-18,25H,2-11H2,1H3,(H,22,23,24)/t14?,15-,17?,18+/m1/s1. The van der Waals surface area contributed by atoms with Crippen molar-refractivity contribution in [3.05, 3.63) is 17.5 Å². The number of aliphatic hydroxyl groups is 1. The molecule has 0 amide bonds. The van der Waals surface area contributed by atoms with E-state index in [4.69, 9.17) is 0 Å². The Bertz CT molecular complexity index is 604. The Hall–Kier alpha value is -1.67. The molecule has 2 saturated carbocycles. The molecule has 2 aliphatic carbocycles. The zero-order valence-corrected chi connectivity index (χ0v) is 15.2. The van der Waals surface area contributed by atoms with E-state index in [-0.39, 0.29) is 6.10 Å². The number of anilines is 1. The van der Waals surface area contributed by atoms with Crippen molar-refractivity contribution in [1.29, 1.82) is 5.26 Å². The number of rotatable bonds is 5. The average molecular weight is 342 g/mol. The minimum Gasteiger partial charge on any atom is -0.393 e. The second-order valence-electron chi connectivity index (χ2n) is 7.83. The highest BCUT2D eigenvalue weighted by molar-refractivity contribution is 5.37. The Kier molecular flexibility index (Phi) is 6.25. The number of nitrogens with one attached hydrogen (secondary N) is 1. The van der Waals surface area contributed by atoms with E-state index in [1.165, 1.54) is 32.1 Å². The fraction of sp³-hybridized carbons (Fsp3) is 0.750. The Morgan fingerprint density at radius 1 is 1.20 bits per heavy atom. The van der Waals surface area contributed by atoms with Crippen LogP contribution in [0.25, 0.3) is 0 Å². The predicted molar refractivity (Wildman–Crippen MR) is 98.1 cm³/mol. The van der Waals surface area contributed by atoms with Gasteiger partial charge in [0.15, 0.2) is 0 Å². The van der Waals surface area contributed by atoms with Crippen LogP contribution >= 0.6 is 0 Å². The number of aliphatic hydroxyl groups excluding tert-OH is 1. The lowest BCUT2D eigenvalue weighted by Crippen LogP contribution is -2.27. The monoisotopic (exact) mass is 342 g/mol. The number of nitrogens with zero attached hydrogens (tertiary/aromatic N) is 3. The topological polar surface area (TPSA) is 81.8 Å². The summed E-state index contributed by atoms with van der Waals surface area (Å²) in [6.45, 7) is 2.27. The molecule has 136 valence electrons. The van der Waals surface area contributed by atoms with Crippen LogP contribution in [0.5, 0.6) is 0 Å². The van der Waals surface area contributed by atoms with Gasteiger partial charge in [-0.15, -0.1) is 0 Å². The molecule has 2 fully saturated rings. The Morgan fingerprint density at radius 2 is 2.00 bits per heavy atom. The molecule has 0 radical (unpaired) electrons. The highest BCUT2D eigenvalue weighted by Crippen LogP contribution is 2.29. The molecule has 1 aromatic rings. The minimum absolute atomic E-state index is 0.197. The molecule has 0 aliphatic heterocycles. The van der Waals surface area contributed by atoms with E-state index >= 15 is 0 Å². The molecule has 0 aromatic carbocycles. The van der Waals surface area contributed by atoms with Gasteiger partial charge in [0.2, 0.25) is 5.95 Å². The summed E-state index contributed by atoms with van der Waals surface area (Å²) >= 11 is 0. The zero-order valence-electron chi connectivity index (χ0n) is 15.2. The van der Waals surface area contributed by atoms with Gasteiger partial charge in [-0.2, -0.15) is 5.26 Å². The molecule has 3 rings (SSSR count). The molecule has 2 aliphatic rings. The first-order valence-corrected chi connectivity index (χ1v) is 9.88. The molecule has 1 heterocycles. The third-order valence-electron chi connectivity index (χ3n) is 5.98. The first kappa shape index (κ1) is 18.1. The molecular weight excluding hydrogens is 312 g/mol. The maximum atomic E-state index is 9.89. The van der Waals surface area contributed by atoms with E-state index in [1.807, 2.05) is 0 Å². The van der Waals surface area contributed by atoms with E-state index in [1.54, 1.807) is 6.20 Å². The van der Waals surface area contributed by atoms with Crippen LogP contribution in [0.1, 0.15) is 76.0 Å². The quantitative estimate of drug-likeness (QED) is 0.850. The van der Waals surface area contributed by atoms with Gasteiger partial charge in [0.1, 0.15) is 6.07 Å². The van der Waals surface area contributed by atoms with Gasteiger partial charge in [0.25, 0.3) is 0 Å². The average Bonchev–Trinajstić information content (AvgIpc) is 2.63. The largest absolute Gasteiger partial charge is 0.393 e. The second kappa shape index (κ2) is 8.62. The van der Waals surface area contributed by atoms with Gasteiger partial charge in [-0.25, -0.2) is 9.97 Å². The fourth-order valence-electron chi connectivity index (χ4n) is 4.35. The van der Waals surface area contributed by atoms with Gasteiger partial charge < -0.3 is 10.4 Å². The van der Waals surface area contributed by atoms with Crippen molar-refractivity contribution in [2.24, 2.45) is 11.8 Å². The van der Waals surface area contributed by atoms with Crippen LogP contribution in [0, 0.1) is 23.2 Å². The van der Waals surface area contributed by atoms with Crippen LogP contribution in [-0.2, 0) is 6.42 Å². The van der Waals surface area contributed by atoms with Crippen LogP contribution in [0.4, 0.5) is 5.95 Å². The van der Waals surface area contributed by atoms with Gasteiger partial charge in [-0.1, -0.05) is 19.8 Å². The van der Waals surface area contributed by atoms with Crippen LogP contribution in [-0.4, -0.2) is 27.2 Å². The van der Waals surface area contributed by atoms with Crippen LogP contribution in [0.2, 0.25) is 0 Å². The Balaban J connectivity index is 1.64. The lowest BCUT2D eigenvalue weighted by Gasteiger charge is -2.28. The summed E-state index contributed by atoms with van der Waals surface area (Å²) in [4.78, 5) is 9.03. The molecule has 0 bridgehead atoms. The van der Waals surface area contributed by atoms with Gasteiger partial charge in [0.05, 0.1) is 23.6 Å². The molecule has 25 heavy (non-hydrogen) atoms. The summed E-state index contributed by atoms with van der Waals surface area (Å²) in [5, 5.41) is 22.7. The number of nitriles is 1. The smallest absolute Gasteiger partial charge is 0.223 e. The summed E-state index contributed by atoms with van der Waals surface area (Å²) < 4.78 is 0. The number of hydrogen-bond donors (Lipinski definition) is 2. The van der Waals surface area contributed by atoms with E-state index < -0.39 is 0 Å². The molecule has 0 unspecified atom stereocenters. The van der Waals surface area contributed by atoms with Crippen molar-refractivity contribution >= 4 is 5.95 Å². The van der Waals surface area contributed by atoms with Crippen LogP contribution in [0.3, 0.4) is 0 Å². The maximum Gasteiger partial charge on any atom is 0.223 e. The summed E-state index contributed by atoms with van der Waals surface area (Å²) in [7, 11) is 0. The van der Waals surface area contributed by atoms with E-state index in [2.05, 4.69) is 28.3 Å². The van der Waals surface area contributed by atoms with Crippen molar-refractivity contribution in [3.8, 4) is 6.07 Å².